The molecule has 2 rings (SSSR count). The second-order valence-corrected chi connectivity index (χ2v) is 7.52. The van der Waals surface area contributed by atoms with Gasteiger partial charge in [0.2, 0.25) is 5.91 Å². The van der Waals surface area contributed by atoms with Crippen LogP contribution in [0.1, 0.15) is 54.2 Å². The van der Waals surface area contributed by atoms with Crippen molar-refractivity contribution in [2.24, 2.45) is 0 Å². The largest absolute Gasteiger partial charge is 0.465 e. The van der Waals surface area contributed by atoms with Crippen LogP contribution in [-0.4, -0.2) is 19.0 Å². The fraction of sp³-hybridized carbons (Fsp3) is 0.364. The number of anilines is 1. The summed E-state index contributed by atoms with van der Waals surface area (Å²) in [5, 5.41) is 2.89. The second kappa shape index (κ2) is 8.17. The number of esters is 1. The van der Waals surface area contributed by atoms with Gasteiger partial charge >= 0.3 is 5.97 Å². The molecule has 0 atom stereocenters. The smallest absolute Gasteiger partial charge is 0.337 e. The minimum atomic E-state index is -0.417. The van der Waals surface area contributed by atoms with Gasteiger partial charge in [0, 0.05) is 12.1 Å². The Kier molecular flexibility index (Phi) is 6.19. The van der Waals surface area contributed by atoms with Crippen LogP contribution in [0.4, 0.5) is 5.69 Å². The molecule has 0 aromatic heterocycles. The van der Waals surface area contributed by atoms with Crippen LogP contribution in [0.3, 0.4) is 0 Å². The van der Waals surface area contributed by atoms with Crippen molar-refractivity contribution in [2.45, 2.75) is 46.0 Å². The highest BCUT2D eigenvalue weighted by atomic mass is 16.5. The molecule has 0 aliphatic carbocycles. The lowest BCUT2D eigenvalue weighted by Crippen LogP contribution is -2.14. The zero-order valence-corrected chi connectivity index (χ0v) is 16.2. The summed E-state index contributed by atoms with van der Waals surface area (Å²) in [5.41, 5.74) is 4.50. The third kappa shape index (κ3) is 5.19. The Hall–Kier alpha value is -2.62. The van der Waals surface area contributed by atoms with Crippen LogP contribution in [0, 0.1) is 6.92 Å². The van der Waals surface area contributed by atoms with Gasteiger partial charge in [-0.25, -0.2) is 4.79 Å². The number of benzene rings is 2. The van der Waals surface area contributed by atoms with E-state index in [1.807, 2.05) is 6.92 Å². The van der Waals surface area contributed by atoms with E-state index in [4.69, 9.17) is 4.74 Å². The lowest BCUT2D eigenvalue weighted by Gasteiger charge is -2.19. The number of methoxy groups -OCH3 is 1. The highest BCUT2D eigenvalue weighted by Crippen LogP contribution is 2.23. The molecule has 26 heavy (non-hydrogen) atoms. The van der Waals surface area contributed by atoms with Crippen LogP contribution in [0.2, 0.25) is 0 Å². The molecule has 0 radical (unpaired) electrons. The molecule has 0 fully saturated rings. The average molecular weight is 353 g/mol. The summed E-state index contributed by atoms with van der Waals surface area (Å²) in [6.45, 7) is 8.43. The van der Waals surface area contributed by atoms with Crippen LogP contribution in [0.15, 0.2) is 42.5 Å². The maximum absolute atomic E-state index is 12.3. The van der Waals surface area contributed by atoms with Gasteiger partial charge in [-0.05, 0) is 47.6 Å². The third-order valence-electron chi connectivity index (χ3n) is 4.39. The summed E-state index contributed by atoms with van der Waals surface area (Å²) in [7, 11) is 1.34. The summed E-state index contributed by atoms with van der Waals surface area (Å²) in [5.74, 6) is -0.491. The van der Waals surface area contributed by atoms with Crippen molar-refractivity contribution in [3.63, 3.8) is 0 Å². The zero-order chi connectivity index (χ0) is 19.3. The molecule has 0 unspecified atom stereocenters. The highest BCUT2D eigenvalue weighted by Gasteiger charge is 2.13. The molecule has 4 heteroatoms. The van der Waals surface area contributed by atoms with Crippen molar-refractivity contribution in [1.29, 1.82) is 0 Å². The Bertz CT molecular complexity index is 786. The Morgan fingerprint density at radius 1 is 1.04 bits per heavy atom. The van der Waals surface area contributed by atoms with Gasteiger partial charge in [-0.15, -0.1) is 0 Å². The zero-order valence-electron chi connectivity index (χ0n) is 16.2. The van der Waals surface area contributed by atoms with E-state index in [0.29, 0.717) is 24.1 Å². The highest BCUT2D eigenvalue weighted by molar-refractivity contribution is 5.95. The van der Waals surface area contributed by atoms with Gasteiger partial charge in [0.25, 0.3) is 0 Å². The number of ether oxygens (including phenoxy) is 1. The standard InChI is InChI=1S/C22H27NO3/c1-15-6-10-17(21(25)26-5)14-19(15)23-20(24)13-9-16-7-11-18(12-8-16)22(2,3)4/h6-8,10-12,14H,9,13H2,1-5H3,(H,23,24). The van der Waals surface area contributed by atoms with Crippen LogP contribution < -0.4 is 5.32 Å². The van der Waals surface area contributed by atoms with Crippen LogP contribution in [0.5, 0.6) is 0 Å². The minimum absolute atomic E-state index is 0.0741. The molecule has 0 aliphatic heterocycles. The first-order valence-electron chi connectivity index (χ1n) is 8.79. The van der Waals surface area contributed by atoms with E-state index >= 15 is 0 Å². The topological polar surface area (TPSA) is 55.4 Å². The van der Waals surface area contributed by atoms with Crippen molar-refractivity contribution in [3.8, 4) is 0 Å². The van der Waals surface area contributed by atoms with Gasteiger partial charge in [0.15, 0.2) is 0 Å². The van der Waals surface area contributed by atoms with Gasteiger partial charge in [-0.3, -0.25) is 4.79 Å². The number of carbonyl (C=O) groups excluding carboxylic acids is 2. The van der Waals surface area contributed by atoms with Crippen molar-refractivity contribution < 1.29 is 14.3 Å². The summed E-state index contributed by atoms with van der Waals surface area (Å²) in [6, 6.07) is 13.5. The molecule has 2 aromatic rings. The SMILES string of the molecule is COC(=O)c1ccc(C)c(NC(=O)CCc2ccc(C(C)(C)C)cc2)c1. The summed E-state index contributed by atoms with van der Waals surface area (Å²) < 4.78 is 4.72. The van der Waals surface area contributed by atoms with Crippen LogP contribution in [-0.2, 0) is 21.4 Å². The molecule has 1 N–H and O–H groups in total. The van der Waals surface area contributed by atoms with Gasteiger partial charge < -0.3 is 10.1 Å². The van der Waals surface area contributed by atoms with Gasteiger partial charge in [0.05, 0.1) is 12.7 Å². The van der Waals surface area contributed by atoms with E-state index < -0.39 is 5.97 Å². The second-order valence-electron chi connectivity index (χ2n) is 7.52. The van der Waals surface area contributed by atoms with E-state index in [1.54, 1.807) is 18.2 Å². The van der Waals surface area contributed by atoms with Crippen molar-refractivity contribution >= 4 is 17.6 Å². The molecule has 0 bridgehead atoms. The number of rotatable bonds is 5. The first-order valence-corrected chi connectivity index (χ1v) is 8.79. The molecule has 138 valence electrons. The Morgan fingerprint density at radius 2 is 1.69 bits per heavy atom. The maximum Gasteiger partial charge on any atom is 0.337 e. The third-order valence-corrected chi connectivity index (χ3v) is 4.39. The Morgan fingerprint density at radius 3 is 2.27 bits per heavy atom. The quantitative estimate of drug-likeness (QED) is 0.796. The molecule has 2 aromatic carbocycles. The average Bonchev–Trinajstić information content (AvgIpc) is 2.60. The summed E-state index contributed by atoms with van der Waals surface area (Å²) >= 11 is 0. The number of nitrogens with one attached hydrogen (secondary N) is 1. The summed E-state index contributed by atoms with van der Waals surface area (Å²) in [4.78, 5) is 23.9. The molecule has 0 aliphatic rings. The first-order chi connectivity index (χ1) is 12.2. The van der Waals surface area contributed by atoms with Crippen molar-refractivity contribution in [1.82, 2.24) is 0 Å². The fourth-order valence-corrected chi connectivity index (χ4v) is 2.64. The predicted octanol–water partition coefficient (Wildman–Crippen LogP) is 4.65. The van der Waals surface area contributed by atoms with Gasteiger partial charge in [-0.1, -0.05) is 51.1 Å². The lowest BCUT2D eigenvalue weighted by molar-refractivity contribution is -0.116. The predicted molar refractivity (Wildman–Crippen MR) is 105 cm³/mol. The molecule has 0 heterocycles. The van der Waals surface area contributed by atoms with E-state index in [0.717, 1.165) is 11.1 Å². The van der Waals surface area contributed by atoms with Crippen molar-refractivity contribution in [3.05, 3.63) is 64.7 Å². The molecule has 1 amide bonds. The molecule has 4 nitrogen and oxygen atoms in total. The lowest BCUT2D eigenvalue weighted by atomic mass is 9.86. The molecule has 0 saturated carbocycles. The number of hydrogen-bond donors (Lipinski definition) is 1. The fourth-order valence-electron chi connectivity index (χ4n) is 2.64. The van der Waals surface area contributed by atoms with E-state index in [-0.39, 0.29) is 11.3 Å². The maximum atomic E-state index is 12.3. The molecule has 0 spiro atoms. The summed E-state index contributed by atoms with van der Waals surface area (Å²) in [6.07, 6.45) is 1.06. The molecular formula is C22H27NO3. The van der Waals surface area contributed by atoms with E-state index in [9.17, 15) is 9.59 Å². The monoisotopic (exact) mass is 353 g/mol. The number of amides is 1. The Labute approximate surface area is 155 Å². The molecule has 0 saturated heterocycles. The van der Waals surface area contributed by atoms with E-state index in [1.165, 1.54) is 12.7 Å². The molecular weight excluding hydrogens is 326 g/mol. The number of carbonyl (C=O) groups is 2. The van der Waals surface area contributed by atoms with Crippen molar-refractivity contribution in [2.75, 3.05) is 12.4 Å². The van der Waals surface area contributed by atoms with Crippen LogP contribution >= 0.6 is 0 Å². The number of hydrogen-bond acceptors (Lipinski definition) is 3. The van der Waals surface area contributed by atoms with Gasteiger partial charge in [-0.2, -0.15) is 0 Å². The van der Waals surface area contributed by atoms with Gasteiger partial charge in [0.1, 0.15) is 0 Å². The first kappa shape index (κ1) is 19.7. The number of aryl methyl sites for hydroxylation is 2. The normalized spacial score (nSPS) is 11.1. The Balaban J connectivity index is 1.98. The van der Waals surface area contributed by atoms with E-state index in [2.05, 4.69) is 50.4 Å². The van der Waals surface area contributed by atoms with Crippen LogP contribution in [0.25, 0.3) is 0 Å². The minimum Gasteiger partial charge on any atom is -0.465 e.